The van der Waals surface area contributed by atoms with E-state index in [-0.39, 0.29) is 42.3 Å². The van der Waals surface area contributed by atoms with Crippen LogP contribution in [0.15, 0.2) is 54.7 Å². The number of rotatable bonds is 14. The van der Waals surface area contributed by atoms with Gasteiger partial charge in [-0.05, 0) is 67.5 Å². The molecular weight excluding hydrogens is 709 g/mol. The molecule has 1 aliphatic carbocycles. The van der Waals surface area contributed by atoms with Gasteiger partial charge in [0.05, 0.1) is 42.6 Å². The molecule has 1 aliphatic heterocycles. The zero-order valence-corrected chi connectivity index (χ0v) is 30.6. The van der Waals surface area contributed by atoms with Crippen molar-refractivity contribution in [1.29, 1.82) is 0 Å². The molecule has 282 valence electrons. The molecule has 5 N–H and O–H groups in total. The maximum absolute atomic E-state index is 14.4. The first-order valence-electron chi connectivity index (χ1n) is 17.7. The summed E-state index contributed by atoms with van der Waals surface area (Å²) in [6.45, 7) is 3.06. The van der Waals surface area contributed by atoms with Crippen molar-refractivity contribution in [2.45, 2.75) is 76.5 Å². The number of benzene rings is 2. The van der Waals surface area contributed by atoms with Crippen LogP contribution in [0.5, 0.6) is 11.6 Å². The second kappa shape index (κ2) is 16.7. The molecule has 0 bridgehead atoms. The molecule has 1 fully saturated rings. The van der Waals surface area contributed by atoms with Crippen molar-refractivity contribution in [3.8, 4) is 34.0 Å². The molecule has 3 heterocycles. The highest BCUT2D eigenvalue weighted by atomic mass is 35.5. The van der Waals surface area contributed by atoms with Crippen LogP contribution in [-0.4, -0.2) is 60.4 Å². The lowest BCUT2D eigenvalue weighted by molar-refractivity contribution is -0.137. The molecule has 10 nitrogen and oxygen atoms in total. The number of alkyl halides is 3. The van der Waals surface area contributed by atoms with Gasteiger partial charge in [0.25, 0.3) is 0 Å². The van der Waals surface area contributed by atoms with Crippen LogP contribution in [0.4, 0.5) is 19.0 Å². The third-order valence-electron chi connectivity index (χ3n) is 9.66. The Morgan fingerprint density at radius 1 is 1.02 bits per heavy atom. The Kier molecular flexibility index (Phi) is 12.1. The normalized spacial score (nSPS) is 17.6. The van der Waals surface area contributed by atoms with Crippen molar-refractivity contribution < 1.29 is 32.5 Å². The van der Waals surface area contributed by atoms with Gasteiger partial charge in [-0.15, -0.1) is 0 Å². The van der Waals surface area contributed by atoms with E-state index < -0.39 is 23.9 Å². The summed E-state index contributed by atoms with van der Waals surface area (Å²) in [7, 11) is 2.98. The summed E-state index contributed by atoms with van der Waals surface area (Å²) in [5.74, 6) is 0.516. The van der Waals surface area contributed by atoms with Crippen LogP contribution < -0.4 is 30.7 Å². The van der Waals surface area contributed by atoms with E-state index in [9.17, 15) is 23.1 Å². The summed E-state index contributed by atoms with van der Waals surface area (Å²) in [6.07, 6.45) is -0.218. The van der Waals surface area contributed by atoms with E-state index in [1.165, 1.54) is 7.11 Å². The van der Waals surface area contributed by atoms with Gasteiger partial charge in [0, 0.05) is 67.1 Å². The molecule has 2 aromatic heterocycles. The van der Waals surface area contributed by atoms with E-state index in [0.29, 0.717) is 48.8 Å². The number of nitrogens with one attached hydrogen (secondary N) is 4. The lowest BCUT2D eigenvalue weighted by Gasteiger charge is -2.30. The molecule has 1 amide bonds. The summed E-state index contributed by atoms with van der Waals surface area (Å²) in [5.41, 5.74) is 5.16. The fraction of sp³-hybridized carbons (Fsp3) is 0.410. The number of ether oxygens (including phenoxy) is 2. The first-order valence-corrected chi connectivity index (χ1v) is 18.1. The summed E-state index contributed by atoms with van der Waals surface area (Å²) in [5, 5.41) is 22.4. The molecule has 0 saturated carbocycles. The molecule has 0 radical (unpaired) electrons. The van der Waals surface area contributed by atoms with E-state index in [2.05, 4.69) is 31.2 Å². The minimum absolute atomic E-state index is 0.0468. The third kappa shape index (κ3) is 8.86. The molecule has 6 rings (SSSR count). The summed E-state index contributed by atoms with van der Waals surface area (Å²) in [4.78, 5) is 20.5. The average Bonchev–Trinajstić information content (AvgIpc) is 3.56. The number of methoxy groups -OCH3 is 2. The largest absolute Gasteiger partial charge is 0.496 e. The maximum atomic E-state index is 14.4. The molecule has 53 heavy (non-hydrogen) atoms. The minimum atomic E-state index is -4.67. The number of halogens is 4. The molecule has 1 saturated heterocycles. The average molecular weight is 753 g/mol. The van der Waals surface area contributed by atoms with Crippen LogP contribution in [0.2, 0.25) is 5.02 Å². The van der Waals surface area contributed by atoms with Crippen LogP contribution in [-0.2, 0) is 30.5 Å². The van der Waals surface area contributed by atoms with Gasteiger partial charge in [-0.3, -0.25) is 9.78 Å². The van der Waals surface area contributed by atoms with E-state index in [0.717, 1.165) is 52.3 Å². The van der Waals surface area contributed by atoms with Gasteiger partial charge in [-0.25, -0.2) is 0 Å². The fourth-order valence-electron chi connectivity index (χ4n) is 7.10. The van der Waals surface area contributed by atoms with Gasteiger partial charge in [0.1, 0.15) is 11.6 Å². The number of aromatic nitrogens is 2. The van der Waals surface area contributed by atoms with Crippen molar-refractivity contribution >= 4 is 23.3 Å². The Labute approximate surface area is 311 Å². The van der Waals surface area contributed by atoms with Crippen LogP contribution in [0.25, 0.3) is 22.4 Å². The SMILES string of the molecule is COc1cc(-c2nccc(-c3cccc4c3CCC[C@@H]4Nc3nc(OC)c(CNC[C@@H](C)O)cc3C(F)(F)F)c2Cl)ccc1CNC[C@H]1CCC(=O)N1. The van der Waals surface area contributed by atoms with Crippen molar-refractivity contribution in [2.75, 3.05) is 32.6 Å². The molecule has 2 aliphatic rings. The molecule has 0 unspecified atom stereocenters. The number of hydrogen-bond acceptors (Lipinski definition) is 9. The molecule has 14 heteroatoms. The third-order valence-corrected chi connectivity index (χ3v) is 10.0. The maximum Gasteiger partial charge on any atom is 0.419 e. The number of nitrogens with zero attached hydrogens (tertiary/aromatic N) is 2. The van der Waals surface area contributed by atoms with Crippen LogP contribution in [0.1, 0.15) is 66.5 Å². The summed E-state index contributed by atoms with van der Waals surface area (Å²) < 4.78 is 54.5. The number of aliphatic hydroxyl groups excluding tert-OH is 1. The Balaban J connectivity index is 1.27. The van der Waals surface area contributed by atoms with Crippen LogP contribution in [0, 0.1) is 0 Å². The number of amides is 1. The van der Waals surface area contributed by atoms with Gasteiger partial charge in [0.15, 0.2) is 0 Å². The van der Waals surface area contributed by atoms with E-state index >= 15 is 0 Å². The quantitative estimate of drug-likeness (QED) is 0.0942. The van der Waals surface area contributed by atoms with Crippen LogP contribution in [0.3, 0.4) is 0 Å². The summed E-state index contributed by atoms with van der Waals surface area (Å²) >= 11 is 7.13. The second-order valence-corrected chi connectivity index (χ2v) is 13.9. The Hall–Kier alpha value is -4.43. The Morgan fingerprint density at radius 2 is 1.83 bits per heavy atom. The van der Waals surface area contributed by atoms with E-state index in [1.54, 1.807) is 20.2 Å². The standard InChI is InChI=1S/C39H44ClF3N6O4/c1-22(50)18-44-20-25-16-31(39(41,42)43)37(49-38(25)53-3)48-32-9-5-7-27-28(6-4-8-29(27)32)30-14-15-46-36(35(30)40)23-10-11-24(33(17-23)52-2)19-45-21-26-12-13-34(51)47-26/h4,6,8,10-11,14-17,22,26,32,44-45,50H,5,7,9,12-13,18-21H2,1-3H3,(H,47,51)(H,48,49)/t22-,26-,32+/m1/s1. The lowest BCUT2D eigenvalue weighted by Crippen LogP contribution is -2.35. The van der Waals surface area contributed by atoms with E-state index in [4.69, 9.17) is 21.1 Å². The monoisotopic (exact) mass is 752 g/mol. The molecule has 0 spiro atoms. The minimum Gasteiger partial charge on any atom is -0.496 e. The second-order valence-electron chi connectivity index (χ2n) is 13.5. The van der Waals surface area contributed by atoms with Crippen molar-refractivity contribution in [2.24, 2.45) is 0 Å². The number of fused-ring (bicyclic) bond motifs is 1. The van der Waals surface area contributed by atoms with Gasteiger partial charge in [0.2, 0.25) is 11.8 Å². The van der Waals surface area contributed by atoms with Crippen LogP contribution >= 0.6 is 11.6 Å². The van der Waals surface area contributed by atoms with Crippen molar-refractivity contribution in [1.82, 2.24) is 25.9 Å². The molecular formula is C39H44ClF3N6O4. The molecule has 2 aromatic carbocycles. The van der Waals surface area contributed by atoms with Crippen molar-refractivity contribution in [3.05, 3.63) is 87.6 Å². The van der Waals surface area contributed by atoms with Gasteiger partial charge >= 0.3 is 6.18 Å². The number of hydrogen-bond donors (Lipinski definition) is 5. The fourth-order valence-corrected chi connectivity index (χ4v) is 7.42. The Morgan fingerprint density at radius 3 is 2.55 bits per heavy atom. The van der Waals surface area contributed by atoms with Gasteiger partial charge in [-0.1, -0.05) is 41.9 Å². The number of carbonyl (C=O) groups excluding carboxylic acids is 1. The number of carbonyl (C=O) groups is 1. The summed E-state index contributed by atoms with van der Waals surface area (Å²) in [6, 6.07) is 14.2. The smallest absolute Gasteiger partial charge is 0.419 e. The molecule has 3 atom stereocenters. The van der Waals surface area contributed by atoms with Gasteiger partial charge in [-0.2, -0.15) is 18.2 Å². The topological polar surface area (TPSA) is 130 Å². The van der Waals surface area contributed by atoms with Crippen molar-refractivity contribution in [3.63, 3.8) is 0 Å². The number of anilines is 1. The highest BCUT2D eigenvalue weighted by molar-refractivity contribution is 6.35. The highest BCUT2D eigenvalue weighted by Crippen LogP contribution is 2.44. The first kappa shape index (κ1) is 38.3. The lowest BCUT2D eigenvalue weighted by atomic mass is 9.83. The van der Waals surface area contributed by atoms with E-state index in [1.807, 2.05) is 42.5 Å². The highest BCUT2D eigenvalue weighted by Gasteiger charge is 2.37. The number of pyridine rings is 2. The zero-order valence-electron chi connectivity index (χ0n) is 29.9. The molecule has 4 aromatic rings. The first-order chi connectivity index (χ1) is 25.5. The predicted octanol–water partition coefficient (Wildman–Crippen LogP) is 6.83. The Bertz CT molecular complexity index is 1940. The van der Waals surface area contributed by atoms with Gasteiger partial charge < -0.3 is 35.8 Å². The zero-order chi connectivity index (χ0) is 37.7. The predicted molar refractivity (Wildman–Crippen MR) is 198 cm³/mol. The number of aliphatic hydroxyl groups is 1.